The third-order valence-electron chi connectivity index (χ3n) is 6.12. The number of anilines is 2. The number of benzene rings is 1. The first-order valence-electron chi connectivity index (χ1n) is 12.0. The SMILES string of the molecule is COc1ccnc(SNc2ccc(-c3nc(N)c(C(C)=N)c(OC4CCN(C(C)C)CC4)n3)cc2)c1. The summed E-state index contributed by atoms with van der Waals surface area (Å²) in [7, 11) is 1.63. The molecule has 1 fully saturated rings. The van der Waals surface area contributed by atoms with Gasteiger partial charge in [-0.1, -0.05) is 0 Å². The van der Waals surface area contributed by atoms with Gasteiger partial charge in [0.25, 0.3) is 0 Å². The van der Waals surface area contributed by atoms with E-state index in [0.717, 1.165) is 48.0 Å². The van der Waals surface area contributed by atoms with Crippen molar-refractivity contribution in [3.05, 3.63) is 48.2 Å². The molecular weight excluding hydrogens is 474 g/mol. The third-order valence-corrected chi connectivity index (χ3v) is 6.89. The minimum atomic E-state index is 0.0362. The van der Waals surface area contributed by atoms with Crippen molar-refractivity contribution in [2.45, 2.75) is 50.8 Å². The molecule has 0 radical (unpaired) electrons. The highest BCUT2D eigenvalue weighted by molar-refractivity contribution is 8.00. The van der Waals surface area contributed by atoms with Crippen molar-refractivity contribution < 1.29 is 9.47 Å². The lowest BCUT2D eigenvalue weighted by molar-refractivity contribution is 0.0812. The predicted molar refractivity (Wildman–Crippen MR) is 145 cm³/mol. The number of pyridine rings is 1. The van der Waals surface area contributed by atoms with Crippen LogP contribution >= 0.6 is 11.9 Å². The second kappa shape index (κ2) is 11.6. The van der Waals surface area contributed by atoms with E-state index in [1.165, 1.54) is 11.9 Å². The number of nitrogens with one attached hydrogen (secondary N) is 2. The van der Waals surface area contributed by atoms with Gasteiger partial charge in [0.1, 0.15) is 22.7 Å². The minimum absolute atomic E-state index is 0.0362. The van der Waals surface area contributed by atoms with Crippen molar-refractivity contribution in [1.29, 1.82) is 5.41 Å². The van der Waals surface area contributed by atoms with Gasteiger partial charge in [-0.05, 0) is 63.9 Å². The zero-order valence-electron chi connectivity index (χ0n) is 21.1. The number of rotatable bonds is 9. The van der Waals surface area contributed by atoms with E-state index in [1.807, 2.05) is 36.4 Å². The lowest BCUT2D eigenvalue weighted by Crippen LogP contribution is -2.42. The maximum absolute atomic E-state index is 8.20. The number of nitrogens with zero attached hydrogens (tertiary/aromatic N) is 4. The molecule has 2 aromatic heterocycles. The zero-order chi connectivity index (χ0) is 25.7. The monoisotopic (exact) mass is 507 g/mol. The Balaban J connectivity index is 1.49. The van der Waals surface area contributed by atoms with Crippen molar-refractivity contribution in [2.75, 3.05) is 30.7 Å². The van der Waals surface area contributed by atoms with Gasteiger partial charge in [0.05, 0.1) is 12.7 Å². The molecule has 0 bridgehead atoms. The number of methoxy groups -OCH3 is 1. The molecule has 0 spiro atoms. The van der Waals surface area contributed by atoms with Gasteiger partial charge in [0, 0.05) is 60.3 Å². The first-order valence-corrected chi connectivity index (χ1v) is 12.8. The molecule has 1 saturated heterocycles. The summed E-state index contributed by atoms with van der Waals surface area (Å²) in [5.74, 6) is 1.87. The normalized spacial score (nSPS) is 14.6. The topological polar surface area (TPSA) is 122 Å². The molecule has 1 aliphatic heterocycles. The molecule has 0 saturated carbocycles. The summed E-state index contributed by atoms with van der Waals surface area (Å²) in [6, 6.07) is 11.9. The van der Waals surface area contributed by atoms with Gasteiger partial charge in [-0.15, -0.1) is 0 Å². The molecule has 0 amide bonds. The quantitative estimate of drug-likeness (QED) is 0.274. The molecule has 36 heavy (non-hydrogen) atoms. The van der Waals surface area contributed by atoms with Gasteiger partial charge in [0.2, 0.25) is 5.88 Å². The molecule has 3 heterocycles. The van der Waals surface area contributed by atoms with E-state index in [-0.39, 0.29) is 17.6 Å². The van der Waals surface area contributed by atoms with Crippen molar-refractivity contribution in [1.82, 2.24) is 19.9 Å². The fourth-order valence-electron chi connectivity index (χ4n) is 4.06. The van der Waals surface area contributed by atoms with Crippen LogP contribution in [0.1, 0.15) is 39.2 Å². The summed E-state index contributed by atoms with van der Waals surface area (Å²) in [6.45, 7) is 8.06. The summed E-state index contributed by atoms with van der Waals surface area (Å²) < 4.78 is 14.8. The van der Waals surface area contributed by atoms with Crippen LogP contribution in [-0.4, -0.2) is 57.9 Å². The predicted octanol–water partition coefficient (Wildman–Crippen LogP) is 4.89. The average molecular weight is 508 g/mol. The number of aromatic nitrogens is 3. The molecule has 0 aliphatic carbocycles. The summed E-state index contributed by atoms with van der Waals surface area (Å²) in [4.78, 5) is 16.0. The van der Waals surface area contributed by atoms with Crippen molar-refractivity contribution >= 4 is 29.2 Å². The average Bonchev–Trinajstić information content (AvgIpc) is 2.87. The Bertz CT molecular complexity index is 1200. The molecule has 0 unspecified atom stereocenters. The Kier molecular flexibility index (Phi) is 8.27. The van der Waals surface area contributed by atoms with E-state index in [1.54, 1.807) is 20.2 Å². The molecule has 4 rings (SSSR count). The molecule has 3 aromatic rings. The highest BCUT2D eigenvalue weighted by Crippen LogP contribution is 2.30. The second-order valence-corrected chi connectivity index (χ2v) is 9.83. The number of likely N-dealkylation sites (tertiary alicyclic amines) is 1. The van der Waals surface area contributed by atoms with Crippen LogP contribution in [0.5, 0.6) is 11.6 Å². The van der Waals surface area contributed by atoms with Crippen LogP contribution in [0.3, 0.4) is 0 Å². The molecule has 1 aliphatic rings. The van der Waals surface area contributed by atoms with Crippen LogP contribution in [0, 0.1) is 5.41 Å². The van der Waals surface area contributed by atoms with Gasteiger partial charge in [-0.3, -0.25) is 0 Å². The molecule has 0 atom stereocenters. The summed E-state index contributed by atoms with van der Waals surface area (Å²) >= 11 is 1.40. The van der Waals surface area contributed by atoms with Crippen LogP contribution in [0.4, 0.5) is 11.5 Å². The smallest absolute Gasteiger partial charge is 0.228 e. The van der Waals surface area contributed by atoms with Gasteiger partial charge >= 0.3 is 0 Å². The Hall–Kier alpha value is -3.37. The molecule has 10 heteroatoms. The molecule has 4 N–H and O–H groups in total. The third kappa shape index (κ3) is 6.24. The fourth-order valence-corrected chi connectivity index (χ4v) is 4.71. The summed E-state index contributed by atoms with van der Waals surface area (Å²) in [5, 5.41) is 9.00. The van der Waals surface area contributed by atoms with Gasteiger partial charge in [-0.25, -0.2) is 9.97 Å². The standard InChI is InChI=1S/C26H33N7O2S/c1-16(2)33-13-10-20(11-14-33)35-26-23(17(3)27)24(28)30-25(31-26)18-5-7-19(8-6-18)32-36-22-15-21(34-4)9-12-29-22/h5-9,12,15-16,20,27,32H,10-11,13-14H2,1-4H3,(H2,28,30,31). The van der Waals surface area contributed by atoms with E-state index in [2.05, 4.69) is 33.4 Å². The number of hydrogen-bond acceptors (Lipinski definition) is 10. The number of nitrogens with two attached hydrogens (primary N) is 1. The number of ether oxygens (including phenoxy) is 2. The van der Waals surface area contributed by atoms with Crippen molar-refractivity contribution in [2.24, 2.45) is 0 Å². The van der Waals surface area contributed by atoms with Crippen molar-refractivity contribution in [3.8, 4) is 23.0 Å². The van der Waals surface area contributed by atoms with Crippen LogP contribution in [0.2, 0.25) is 0 Å². The summed E-state index contributed by atoms with van der Waals surface area (Å²) in [5.41, 5.74) is 8.75. The van der Waals surface area contributed by atoms with E-state index in [4.69, 9.17) is 25.6 Å². The Labute approximate surface area is 216 Å². The van der Waals surface area contributed by atoms with Crippen LogP contribution in [0.25, 0.3) is 11.4 Å². The fraction of sp³-hybridized carbons (Fsp3) is 0.385. The van der Waals surface area contributed by atoms with Gasteiger partial charge < -0.3 is 30.2 Å². The van der Waals surface area contributed by atoms with Crippen molar-refractivity contribution in [3.63, 3.8) is 0 Å². The second-order valence-electron chi connectivity index (χ2n) is 9.00. The maximum Gasteiger partial charge on any atom is 0.228 e. The number of piperidine rings is 1. The minimum Gasteiger partial charge on any atom is -0.497 e. The van der Waals surface area contributed by atoms with Crippen LogP contribution in [0.15, 0.2) is 47.6 Å². The number of hydrogen-bond donors (Lipinski definition) is 3. The lowest BCUT2D eigenvalue weighted by Gasteiger charge is -2.34. The van der Waals surface area contributed by atoms with E-state index < -0.39 is 0 Å². The van der Waals surface area contributed by atoms with E-state index >= 15 is 0 Å². The highest BCUT2D eigenvalue weighted by atomic mass is 32.2. The van der Waals surface area contributed by atoms with Crippen LogP contribution < -0.4 is 19.9 Å². The lowest BCUT2D eigenvalue weighted by atomic mass is 10.1. The van der Waals surface area contributed by atoms with Gasteiger partial charge in [0.15, 0.2) is 5.82 Å². The Morgan fingerprint density at radius 2 is 1.89 bits per heavy atom. The molecular formula is C26H33N7O2S. The zero-order valence-corrected chi connectivity index (χ0v) is 21.9. The first-order chi connectivity index (χ1) is 17.3. The van der Waals surface area contributed by atoms with Crippen LogP contribution in [-0.2, 0) is 0 Å². The molecule has 190 valence electrons. The van der Waals surface area contributed by atoms with E-state index in [9.17, 15) is 0 Å². The highest BCUT2D eigenvalue weighted by Gasteiger charge is 2.25. The number of nitrogen functional groups attached to an aromatic ring is 1. The van der Waals surface area contributed by atoms with E-state index in [0.29, 0.717) is 23.3 Å². The molecule has 9 nitrogen and oxygen atoms in total. The first kappa shape index (κ1) is 25.7. The van der Waals surface area contributed by atoms with Gasteiger partial charge in [-0.2, -0.15) is 4.98 Å². The molecule has 1 aromatic carbocycles. The Morgan fingerprint density at radius 3 is 2.53 bits per heavy atom. The maximum atomic E-state index is 8.20. The largest absolute Gasteiger partial charge is 0.497 e. The summed E-state index contributed by atoms with van der Waals surface area (Å²) in [6.07, 6.45) is 3.57. The Morgan fingerprint density at radius 1 is 1.17 bits per heavy atom.